The summed E-state index contributed by atoms with van der Waals surface area (Å²) in [6, 6.07) is 3.32. The molecule has 1 aromatic carbocycles. The minimum Gasteiger partial charge on any atom is -0.543 e. The molecule has 1 rings (SSSR count). The SMILES string of the molecule is C[Si](C)(C)Oc1c(Br)cc(C(=O)Cl)cc1Br. The highest BCUT2D eigenvalue weighted by Gasteiger charge is 2.20. The number of carbonyl (C=O) groups is 1. The lowest BCUT2D eigenvalue weighted by atomic mass is 10.2. The largest absolute Gasteiger partial charge is 0.543 e. The van der Waals surface area contributed by atoms with E-state index < -0.39 is 13.6 Å². The Morgan fingerprint density at radius 1 is 1.25 bits per heavy atom. The molecule has 0 amide bonds. The van der Waals surface area contributed by atoms with Crippen molar-refractivity contribution in [1.82, 2.24) is 0 Å². The first kappa shape index (κ1) is 14.2. The summed E-state index contributed by atoms with van der Waals surface area (Å²) in [6.07, 6.45) is 0. The van der Waals surface area contributed by atoms with Crippen LogP contribution in [0.25, 0.3) is 0 Å². The van der Waals surface area contributed by atoms with Crippen molar-refractivity contribution in [3.63, 3.8) is 0 Å². The number of rotatable bonds is 3. The highest BCUT2D eigenvalue weighted by molar-refractivity contribution is 9.11. The number of benzene rings is 1. The standard InChI is InChI=1S/C10H11Br2ClO2Si/c1-16(2,3)15-9-7(11)4-6(10(13)14)5-8(9)12/h4-5H,1-3H3. The van der Waals surface area contributed by atoms with Crippen molar-refractivity contribution in [2.45, 2.75) is 19.6 Å². The van der Waals surface area contributed by atoms with E-state index in [2.05, 4.69) is 51.5 Å². The molecular weight excluding hydrogens is 375 g/mol. The second-order valence-electron chi connectivity index (χ2n) is 4.26. The maximum atomic E-state index is 11.0. The Balaban J connectivity index is 3.18. The lowest BCUT2D eigenvalue weighted by molar-refractivity contribution is 0.108. The van der Waals surface area contributed by atoms with Gasteiger partial charge in [0.1, 0.15) is 5.75 Å². The summed E-state index contributed by atoms with van der Waals surface area (Å²) in [7, 11) is -1.68. The highest BCUT2D eigenvalue weighted by Crippen LogP contribution is 2.36. The minimum atomic E-state index is -1.68. The summed E-state index contributed by atoms with van der Waals surface area (Å²) in [5, 5.41) is -0.485. The van der Waals surface area contributed by atoms with Gasteiger partial charge in [-0.05, 0) is 75.2 Å². The Labute approximate surface area is 118 Å². The highest BCUT2D eigenvalue weighted by atomic mass is 79.9. The quantitative estimate of drug-likeness (QED) is 0.551. The molecule has 1 aromatic rings. The van der Waals surface area contributed by atoms with Crippen molar-refractivity contribution >= 4 is 57.0 Å². The number of hydrogen-bond acceptors (Lipinski definition) is 2. The molecule has 0 aliphatic carbocycles. The zero-order valence-corrected chi connectivity index (χ0v) is 14.0. The molecule has 16 heavy (non-hydrogen) atoms. The molecule has 0 aromatic heterocycles. The Morgan fingerprint density at radius 2 is 1.69 bits per heavy atom. The van der Waals surface area contributed by atoms with Gasteiger partial charge in [-0.2, -0.15) is 0 Å². The molecule has 0 N–H and O–H groups in total. The first-order valence-electron chi connectivity index (χ1n) is 4.58. The molecule has 0 radical (unpaired) electrons. The lowest BCUT2D eigenvalue weighted by Gasteiger charge is -2.21. The molecule has 0 unspecified atom stereocenters. The molecule has 0 saturated carbocycles. The molecule has 2 nitrogen and oxygen atoms in total. The van der Waals surface area contributed by atoms with Gasteiger partial charge in [0.05, 0.1) is 8.95 Å². The van der Waals surface area contributed by atoms with Gasteiger partial charge >= 0.3 is 0 Å². The lowest BCUT2D eigenvalue weighted by Crippen LogP contribution is -2.29. The molecular formula is C10H11Br2ClO2Si. The fourth-order valence-electron chi connectivity index (χ4n) is 1.08. The predicted molar refractivity (Wildman–Crippen MR) is 76.0 cm³/mol. The minimum absolute atomic E-state index is 0.434. The van der Waals surface area contributed by atoms with E-state index in [1.807, 2.05) is 0 Å². The van der Waals surface area contributed by atoms with Gasteiger partial charge in [-0.15, -0.1) is 0 Å². The van der Waals surface area contributed by atoms with Crippen LogP contribution in [0.15, 0.2) is 21.1 Å². The maximum Gasteiger partial charge on any atom is 0.252 e. The first-order chi connectivity index (χ1) is 7.20. The van der Waals surface area contributed by atoms with Gasteiger partial charge in [0.2, 0.25) is 8.32 Å². The van der Waals surface area contributed by atoms with E-state index in [0.717, 1.165) is 14.7 Å². The molecule has 0 saturated heterocycles. The molecule has 0 fully saturated rings. The average molecular weight is 387 g/mol. The van der Waals surface area contributed by atoms with Crippen molar-refractivity contribution in [3.8, 4) is 5.75 Å². The van der Waals surface area contributed by atoms with Gasteiger partial charge in [0.25, 0.3) is 5.24 Å². The Morgan fingerprint density at radius 3 is 2.00 bits per heavy atom. The third-order valence-corrected chi connectivity index (χ3v) is 3.85. The second kappa shape index (κ2) is 5.21. The number of carbonyl (C=O) groups excluding carboxylic acids is 1. The van der Waals surface area contributed by atoms with E-state index in [0.29, 0.717) is 5.56 Å². The van der Waals surface area contributed by atoms with Crippen molar-refractivity contribution in [3.05, 3.63) is 26.6 Å². The van der Waals surface area contributed by atoms with Gasteiger partial charge in [0, 0.05) is 5.56 Å². The van der Waals surface area contributed by atoms with Crippen molar-refractivity contribution in [2.24, 2.45) is 0 Å². The van der Waals surface area contributed by atoms with Crippen molar-refractivity contribution < 1.29 is 9.22 Å². The van der Waals surface area contributed by atoms with Gasteiger partial charge in [-0.25, -0.2) is 0 Å². The zero-order valence-electron chi connectivity index (χ0n) is 9.11. The van der Waals surface area contributed by atoms with Gasteiger partial charge in [-0.3, -0.25) is 4.79 Å². The molecule has 0 aliphatic heterocycles. The summed E-state index contributed by atoms with van der Waals surface area (Å²) >= 11 is 12.2. The molecule has 88 valence electrons. The normalized spacial score (nSPS) is 11.4. The smallest absolute Gasteiger partial charge is 0.252 e. The Kier molecular flexibility index (Phi) is 4.63. The third kappa shape index (κ3) is 3.87. The number of halogens is 3. The summed E-state index contributed by atoms with van der Waals surface area (Å²) in [5.74, 6) is 0.723. The average Bonchev–Trinajstić information content (AvgIpc) is 2.09. The first-order valence-corrected chi connectivity index (χ1v) is 9.96. The summed E-state index contributed by atoms with van der Waals surface area (Å²) < 4.78 is 7.35. The zero-order chi connectivity index (χ0) is 12.5. The van der Waals surface area contributed by atoms with Crippen LogP contribution < -0.4 is 4.43 Å². The van der Waals surface area contributed by atoms with Crippen LogP contribution >= 0.6 is 43.5 Å². The van der Waals surface area contributed by atoms with Gasteiger partial charge < -0.3 is 4.43 Å². The van der Waals surface area contributed by atoms with E-state index in [-0.39, 0.29) is 0 Å². The van der Waals surface area contributed by atoms with E-state index in [1.54, 1.807) is 12.1 Å². The predicted octanol–water partition coefficient (Wildman–Crippen LogP) is 4.80. The van der Waals surface area contributed by atoms with Crippen molar-refractivity contribution in [2.75, 3.05) is 0 Å². The van der Waals surface area contributed by atoms with E-state index in [1.165, 1.54) is 0 Å². The van der Waals surface area contributed by atoms with Crippen LogP contribution in [0.3, 0.4) is 0 Å². The maximum absolute atomic E-state index is 11.0. The molecule has 0 spiro atoms. The van der Waals surface area contributed by atoms with Crippen LogP contribution in [0.2, 0.25) is 19.6 Å². The van der Waals surface area contributed by atoms with E-state index >= 15 is 0 Å². The second-order valence-corrected chi connectivity index (χ2v) is 10.7. The molecule has 6 heteroatoms. The van der Waals surface area contributed by atoms with Crippen LogP contribution in [0.1, 0.15) is 10.4 Å². The summed E-state index contributed by atoms with van der Waals surface area (Å²) in [4.78, 5) is 11.0. The number of hydrogen-bond donors (Lipinski definition) is 0. The van der Waals surface area contributed by atoms with E-state index in [9.17, 15) is 4.79 Å². The Bertz CT molecular complexity index is 406. The topological polar surface area (TPSA) is 26.3 Å². The van der Waals surface area contributed by atoms with Crippen LogP contribution in [0, 0.1) is 0 Å². The van der Waals surface area contributed by atoms with Gasteiger partial charge in [-0.1, -0.05) is 0 Å². The van der Waals surface area contributed by atoms with E-state index in [4.69, 9.17) is 16.0 Å². The fourth-order valence-corrected chi connectivity index (χ4v) is 3.67. The Hall–Kier alpha value is 0.157. The monoisotopic (exact) mass is 384 g/mol. The third-order valence-electron chi connectivity index (χ3n) is 1.63. The summed E-state index contributed by atoms with van der Waals surface area (Å²) in [5.41, 5.74) is 0.434. The summed E-state index contributed by atoms with van der Waals surface area (Å²) in [6.45, 7) is 6.27. The van der Waals surface area contributed by atoms with Crippen LogP contribution in [0.4, 0.5) is 0 Å². The fraction of sp³-hybridized carbons (Fsp3) is 0.300. The molecule has 0 heterocycles. The van der Waals surface area contributed by atoms with Crippen LogP contribution in [-0.2, 0) is 0 Å². The molecule has 0 bridgehead atoms. The van der Waals surface area contributed by atoms with Crippen LogP contribution in [-0.4, -0.2) is 13.6 Å². The van der Waals surface area contributed by atoms with Gasteiger partial charge in [0.15, 0.2) is 0 Å². The van der Waals surface area contributed by atoms with Crippen molar-refractivity contribution in [1.29, 1.82) is 0 Å². The molecule has 0 aliphatic rings. The van der Waals surface area contributed by atoms with Crippen LogP contribution in [0.5, 0.6) is 5.75 Å². The molecule has 0 atom stereocenters.